The Labute approximate surface area is 136 Å². The third kappa shape index (κ3) is 3.28. The van der Waals surface area contributed by atoms with Crippen LogP contribution in [0.4, 0.5) is 19.1 Å². The second-order valence-electron chi connectivity index (χ2n) is 5.58. The number of alkyl halides is 3. The first-order valence-corrected chi connectivity index (χ1v) is 7.37. The number of hydrogen-bond donors (Lipinski definition) is 1. The molecular weight excluding hydrogens is 323 g/mol. The molecule has 0 unspecified atom stereocenters. The van der Waals surface area contributed by atoms with Crippen molar-refractivity contribution in [1.82, 2.24) is 9.97 Å². The fourth-order valence-electron chi connectivity index (χ4n) is 2.86. The van der Waals surface area contributed by atoms with Gasteiger partial charge in [-0.15, -0.1) is 0 Å². The Morgan fingerprint density at radius 2 is 2.08 bits per heavy atom. The van der Waals surface area contributed by atoms with E-state index in [-0.39, 0.29) is 6.54 Å². The summed E-state index contributed by atoms with van der Waals surface area (Å²) >= 11 is 0. The number of nitrogens with zero attached hydrogens (tertiary/aromatic N) is 3. The van der Waals surface area contributed by atoms with Gasteiger partial charge in [0.15, 0.2) is 0 Å². The molecule has 1 aliphatic rings. The van der Waals surface area contributed by atoms with E-state index >= 15 is 0 Å². The molecule has 1 fully saturated rings. The zero-order valence-corrected chi connectivity index (χ0v) is 12.9. The number of aliphatic hydroxyl groups is 1. The topological polar surface area (TPSA) is 58.5 Å². The molecule has 1 N–H and O–H groups in total. The number of rotatable bonds is 3. The van der Waals surface area contributed by atoms with Crippen molar-refractivity contribution in [3.8, 4) is 5.88 Å². The number of ether oxygens (including phenoxy) is 1. The predicted molar refractivity (Wildman–Crippen MR) is 80.7 cm³/mol. The molecule has 2 aromatic rings. The molecule has 8 heteroatoms. The Morgan fingerprint density at radius 1 is 1.29 bits per heavy atom. The number of hydrogen-bond acceptors (Lipinski definition) is 5. The summed E-state index contributed by atoms with van der Waals surface area (Å²) in [5, 5.41) is 10.00. The van der Waals surface area contributed by atoms with E-state index < -0.39 is 23.9 Å². The van der Waals surface area contributed by atoms with Gasteiger partial charge in [0.1, 0.15) is 0 Å². The molecule has 0 aliphatic carbocycles. The zero-order chi connectivity index (χ0) is 17.3. The van der Waals surface area contributed by atoms with E-state index in [0.29, 0.717) is 23.8 Å². The van der Waals surface area contributed by atoms with Gasteiger partial charge >= 0.3 is 6.18 Å². The van der Waals surface area contributed by atoms with Gasteiger partial charge < -0.3 is 14.7 Å². The van der Waals surface area contributed by atoms with E-state index in [0.717, 1.165) is 12.1 Å². The molecule has 0 radical (unpaired) electrons. The van der Waals surface area contributed by atoms with E-state index in [1.165, 1.54) is 19.4 Å². The van der Waals surface area contributed by atoms with Crippen LogP contribution in [-0.2, 0) is 6.18 Å². The van der Waals surface area contributed by atoms with Crippen molar-refractivity contribution >= 4 is 5.95 Å². The highest BCUT2D eigenvalue weighted by Gasteiger charge is 2.36. The Bertz CT molecular complexity index is 724. The number of anilines is 1. The standard InChI is InChI=1S/C16H16F3N3O2/c1-24-14-5-6-20-15(21-14)22-9-12(23)8-13(22)10-3-2-4-11(7-10)16(17,18)19/h2-7,12-13,23H,8-9H2,1H3/t12-,13-/m1/s1. The molecule has 0 bridgehead atoms. The smallest absolute Gasteiger partial charge is 0.416 e. The molecule has 1 aliphatic heterocycles. The van der Waals surface area contributed by atoms with Crippen LogP contribution in [0.2, 0.25) is 0 Å². The van der Waals surface area contributed by atoms with Gasteiger partial charge in [0.25, 0.3) is 0 Å². The van der Waals surface area contributed by atoms with Crippen molar-refractivity contribution in [2.24, 2.45) is 0 Å². The van der Waals surface area contributed by atoms with Crippen molar-refractivity contribution in [2.45, 2.75) is 24.7 Å². The molecule has 24 heavy (non-hydrogen) atoms. The van der Waals surface area contributed by atoms with Gasteiger partial charge in [-0.25, -0.2) is 4.98 Å². The molecule has 5 nitrogen and oxygen atoms in total. The van der Waals surface area contributed by atoms with Crippen molar-refractivity contribution in [3.05, 3.63) is 47.7 Å². The van der Waals surface area contributed by atoms with Crippen LogP contribution in [0.15, 0.2) is 36.5 Å². The number of β-amino-alcohol motifs (C(OH)–C–C–N with tert-alkyl or cyclic N) is 1. The Balaban J connectivity index is 1.96. The van der Waals surface area contributed by atoms with Crippen LogP contribution in [0.3, 0.4) is 0 Å². The summed E-state index contributed by atoms with van der Waals surface area (Å²) in [6, 6.07) is 6.26. The Kier molecular flexibility index (Phi) is 4.31. The van der Waals surface area contributed by atoms with Gasteiger partial charge in [-0.1, -0.05) is 12.1 Å². The highest BCUT2D eigenvalue weighted by atomic mass is 19.4. The van der Waals surface area contributed by atoms with Crippen LogP contribution < -0.4 is 9.64 Å². The maximum Gasteiger partial charge on any atom is 0.416 e. The lowest BCUT2D eigenvalue weighted by molar-refractivity contribution is -0.137. The van der Waals surface area contributed by atoms with Crippen LogP contribution in [0.25, 0.3) is 0 Å². The minimum atomic E-state index is -4.41. The molecule has 2 atom stereocenters. The molecule has 1 aromatic heterocycles. The fraction of sp³-hybridized carbons (Fsp3) is 0.375. The second-order valence-corrected chi connectivity index (χ2v) is 5.58. The van der Waals surface area contributed by atoms with Gasteiger partial charge in [0.05, 0.1) is 24.8 Å². The van der Waals surface area contributed by atoms with Crippen molar-refractivity contribution < 1.29 is 23.0 Å². The van der Waals surface area contributed by atoms with Gasteiger partial charge in [-0.2, -0.15) is 18.2 Å². The van der Waals surface area contributed by atoms with E-state index in [2.05, 4.69) is 9.97 Å². The third-order valence-corrected chi connectivity index (χ3v) is 3.96. The van der Waals surface area contributed by atoms with E-state index in [1.54, 1.807) is 17.0 Å². The predicted octanol–water partition coefficient (Wildman–Crippen LogP) is 2.82. The van der Waals surface area contributed by atoms with Crippen LogP contribution in [-0.4, -0.2) is 34.8 Å². The molecule has 3 rings (SSSR count). The quantitative estimate of drug-likeness (QED) is 0.932. The molecule has 0 spiro atoms. The SMILES string of the molecule is COc1ccnc(N2C[C@H](O)C[C@@H]2c2cccc(C(F)(F)F)c2)n1. The summed E-state index contributed by atoms with van der Waals surface area (Å²) < 4.78 is 43.9. The molecular formula is C16H16F3N3O2. The zero-order valence-electron chi connectivity index (χ0n) is 12.9. The monoisotopic (exact) mass is 339 g/mol. The van der Waals surface area contributed by atoms with Crippen LogP contribution >= 0.6 is 0 Å². The van der Waals surface area contributed by atoms with Crippen molar-refractivity contribution in [3.63, 3.8) is 0 Å². The van der Waals surface area contributed by atoms with Gasteiger partial charge in [0.2, 0.25) is 11.8 Å². The maximum atomic E-state index is 12.9. The lowest BCUT2D eigenvalue weighted by atomic mass is 10.0. The first kappa shape index (κ1) is 16.5. The van der Waals surface area contributed by atoms with Gasteiger partial charge in [0, 0.05) is 18.8 Å². The lowest BCUT2D eigenvalue weighted by Crippen LogP contribution is -2.26. The Morgan fingerprint density at radius 3 is 2.79 bits per heavy atom. The largest absolute Gasteiger partial charge is 0.481 e. The van der Waals surface area contributed by atoms with E-state index in [4.69, 9.17) is 4.74 Å². The van der Waals surface area contributed by atoms with Crippen LogP contribution in [0.1, 0.15) is 23.6 Å². The number of aromatic nitrogens is 2. The van der Waals surface area contributed by atoms with E-state index in [1.807, 2.05) is 0 Å². The Hall–Kier alpha value is -2.35. The first-order chi connectivity index (χ1) is 11.4. The maximum absolute atomic E-state index is 12.9. The number of halogens is 3. The van der Waals surface area contributed by atoms with Gasteiger partial charge in [-0.3, -0.25) is 0 Å². The minimum absolute atomic E-state index is 0.244. The minimum Gasteiger partial charge on any atom is -0.481 e. The average molecular weight is 339 g/mol. The third-order valence-electron chi connectivity index (χ3n) is 3.96. The molecule has 1 saturated heterocycles. The van der Waals surface area contributed by atoms with Gasteiger partial charge in [-0.05, 0) is 24.1 Å². The van der Waals surface area contributed by atoms with Crippen LogP contribution in [0, 0.1) is 0 Å². The summed E-state index contributed by atoms with van der Waals surface area (Å²) in [6.07, 6.45) is -3.26. The highest BCUT2D eigenvalue weighted by molar-refractivity contribution is 5.41. The number of benzene rings is 1. The molecule has 0 amide bonds. The number of methoxy groups -OCH3 is 1. The molecule has 1 aromatic carbocycles. The normalized spacial score (nSPS) is 21.1. The summed E-state index contributed by atoms with van der Waals surface area (Å²) in [5.74, 6) is 0.664. The summed E-state index contributed by atoms with van der Waals surface area (Å²) in [7, 11) is 1.47. The lowest BCUT2D eigenvalue weighted by Gasteiger charge is -2.25. The van der Waals surface area contributed by atoms with Crippen LogP contribution in [0.5, 0.6) is 5.88 Å². The van der Waals surface area contributed by atoms with Crippen molar-refractivity contribution in [2.75, 3.05) is 18.6 Å². The van der Waals surface area contributed by atoms with Crippen molar-refractivity contribution in [1.29, 1.82) is 0 Å². The summed E-state index contributed by atoms with van der Waals surface area (Å²) in [4.78, 5) is 10.1. The molecule has 2 heterocycles. The summed E-state index contributed by atoms with van der Waals surface area (Å²) in [5.41, 5.74) is -0.249. The first-order valence-electron chi connectivity index (χ1n) is 7.37. The molecule has 128 valence electrons. The second kappa shape index (κ2) is 6.27. The summed E-state index contributed by atoms with van der Waals surface area (Å²) in [6.45, 7) is 0.244. The van der Waals surface area contributed by atoms with E-state index in [9.17, 15) is 18.3 Å². The highest BCUT2D eigenvalue weighted by Crippen LogP contribution is 2.37. The fourth-order valence-corrected chi connectivity index (χ4v) is 2.86. The molecule has 0 saturated carbocycles. The number of aliphatic hydroxyl groups excluding tert-OH is 1. The average Bonchev–Trinajstić information content (AvgIpc) is 2.96.